The second-order valence-electron chi connectivity index (χ2n) is 5.82. The van der Waals surface area contributed by atoms with E-state index in [0.29, 0.717) is 5.56 Å². The molecule has 0 unspecified atom stereocenters. The highest BCUT2D eigenvalue weighted by Crippen LogP contribution is 2.22. The number of aliphatic hydroxyl groups is 1. The molecular weight excluding hydrogens is 291 g/mol. The average Bonchev–Trinajstić information content (AvgIpc) is 2.58. The van der Waals surface area contributed by atoms with E-state index < -0.39 is 5.82 Å². The number of aliphatic hydroxyl groups excluding tert-OH is 1. The maximum atomic E-state index is 14.2. The highest BCUT2D eigenvalue weighted by molar-refractivity contribution is 5.46. The maximum absolute atomic E-state index is 14.2. The van der Waals surface area contributed by atoms with Gasteiger partial charge in [0.2, 0.25) is 0 Å². The molecule has 1 fully saturated rings. The minimum atomic E-state index is -0.393. The molecule has 4 heteroatoms. The van der Waals surface area contributed by atoms with E-state index in [1.54, 1.807) is 6.20 Å². The molecule has 0 saturated heterocycles. The van der Waals surface area contributed by atoms with Crippen molar-refractivity contribution in [3.63, 3.8) is 0 Å². The van der Waals surface area contributed by atoms with E-state index in [2.05, 4.69) is 22.1 Å². The Bertz CT molecular complexity index is 713. The molecule has 3 nitrogen and oxygen atoms in total. The number of benzene rings is 1. The van der Waals surface area contributed by atoms with Crippen LogP contribution in [0.3, 0.4) is 0 Å². The lowest BCUT2D eigenvalue weighted by Gasteiger charge is -2.26. The van der Waals surface area contributed by atoms with Crippen molar-refractivity contribution in [1.82, 2.24) is 4.98 Å². The summed E-state index contributed by atoms with van der Waals surface area (Å²) in [4.78, 5) is 4.15. The van der Waals surface area contributed by atoms with Gasteiger partial charge < -0.3 is 10.4 Å². The van der Waals surface area contributed by atoms with Crippen LogP contribution in [0.15, 0.2) is 42.6 Å². The van der Waals surface area contributed by atoms with Gasteiger partial charge in [-0.05, 0) is 43.9 Å². The topological polar surface area (TPSA) is 45.1 Å². The molecule has 0 amide bonds. The summed E-state index contributed by atoms with van der Waals surface area (Å²) in [6.07, 6.45) is 4.52. The lowest BCUT2D eigenvalue weighted by Crippen LogP contribution is -2.28. The van der Waals surface area contributed by atoms with Gasteiger partial charge in [-0.3, -0.25) is 0 Å². The molecule has 1 heterocycles. The molecule has 1 aromatic carbocycles. The standard InChI is InChI=1S/C19H19FN2O/c20-18-12-15(7-6-14-4-2-1-3-5-14)13-21-19(18)22-16-8-10-17(23)11-9-16/h1-5,12-13,16-17,23H,8-11H2,(H,21,22)/t16-,17-. The summed E-state index contributed by atoms with van der Waals surface area (Å²) in [5, 5.41) is 12.6. The van der Waals surface area contributed by atoms with Gasteiger partial charge >= 0.3 is 0 Å². The summed E-state index contributed by atoms with van der Waals surface area (Å²) < 4.78 is 14.2. The number of nitrogens with one attached hydrogen (secondary N) is 1. The number of halogens is 1. The third-order valence-electron chi connectivity index (χ3n) is 4.00. The van der Waals surface area contributed by atoms with Crippen molar-refractivity contribution < 1.29 is 9.50 Å². The van der Waals surface area contributed by atoms with E-state index in [-0.39, 0.29) is 18.0 Å². The molecule has 0 spiro atoms. The Morgan fingerprint density at radius 3 is 2.43 bits per heavy atom. The molecule has 1 aliphatic rings. The van der Waals surface area contributed by atoms with Gasteiger partial charge in [0.1, 0.15) is 0 Å². The fraction of sp³-hybridized carbons (Fsp3) is 0.316. The van der Waals surface area contributed by atoms with Crippen molar-refractivity contribution in [2.75, 3.05) is 5.32 Å². The first kappa shape index (κ1) is 15.5. The van der Waals surface area contributed by atoms with Gasteiger partial charge in [-0.15, -0.1) is 0 Å². The maximum Gasteiger partial charge on any atom is 0.166 e. The molecule has 0 bridgehead atoms. The Kier molecular flexibility index (Phi) is 4.89. The van der Waals surface area contributed by atoms with Crippen molar-refractivity contribution in [3.8, 4) is 11.8 Å². The van der Waals surface area contributed by atoms with Gasteiger partial charge in [0.15, 0.2) is 11.6 Å². The number of aromatic nitrogens is 1. The minimum absolute atomic E-state index is 0.168. The lowest BCUT2D eigenvalue weighted by molar-refractivity contribution is 0.126. The van der Waals surface area contributed by atoms with Crippen LogP contribution in [-0.2, 0) is 0 Å². The minimum Gasteiger partial charge on any atom is -0.393 e. The van der Waals surface area contributed by atoms with Crippen molar-refractivity contribution >= 4 is 5.82 Å². The number of rotatable bonds is 2. The Balaban J connectivity index is 1.68. The third kappa shape index (κ3) is 4.30. The zero-order valence-electron chi connectivity index (χ0n) is 12.8. The number of hydrogen-bond donors (Lipinski definition) is 2. The Hall–Kier alpha value is -2.38. The van der Waals surface area contributed by atoms with E-state index in [4.69, 9.17) is 0 Å². The predicted octanol–water partition coefficient (Wildman–Crippen LogP) is 3.34. The fourth-order valence-electron chi connectivity index (χ4n) is 2.69. The summed E-state index contributed by atoms with van der Waals surface area (Å²) in [5.41, 5.74) is 1.44. The molecule has 0 aliphatic heterocycles. The molecule has 2 N–H and O–H groups in total. The van der Waals surface area contributed by atoms with Gasteiger partial charge in [-0.25, -0.2) is 9.37 Å². The van der Waals surface area contributed by atoms with Crippen LogP contribution in [0.1, 0.15) is 36.8 Å². The highest BCUT2D eigenvalue weighted by Gasteiger charge is 2.20. The average molecular weight is 310 g/mol. The first-order valence-electron chi connectivity index (χ1n) is 7.88. The number of anilines is 1. The highest BCUT2D eigenvalue weighted by atomic mass is 19.1. The second-order valence-corrected chi connectivity index (χ2v) is 5.82. The zero-order chi connectivity index (χ0) is 16.1. The molecule has 2 aromatic rings. The van der Waals surface area contributed by atoms with E-state index in [1.807, 2.05) is 30.3 Å². The largest absolute Gasteiger partial charge is 0.393 e. The predicted molar refractivity (Wildman–Crippen MR) is 88.5 cm³/mol. The van der Waals surface area contributed by atoms with Gasteiger partial charge in [-0.2, -0.15) is 0 Å². The van der Waals surface area contributed by atoms with E-state index >= 15 is 0 Å². The van der Waals surface area contributed by atoms with Crippen molar-refractivity contribution in [2.24, 2.45) is 0 Å². The van der Waals surface area contributed by atoms with E-state index in [0.717, 1.165) is 31.2 Å². The first-order valence-corrected chi connectivity index (χ1v) is 7.88. The number of nitrogens with zero attached hydrogens (tertiary/aromatic N) is 1. The van der Waals surface area contributed by atoms with Crippen LogP contribution in [0, 0.1) is 17.7 Å². The first-order chi connectivity index (χ1) is 11.2. The molecule has 0 atom stereocenters. The fourth-order valence-corrected chi connectivity index (χ4v) is 2.69. The summed E-state index contributed by atoms with van der Waals surface area (Å²) in [7, 11) is 0. The number of pyridine rings is 1. The smallest absolute Gasteiger partial charge is 0.166 e. The van der Waals surface area contributed by atoms with E-state index in [9.17, 15) is 9.50 Å². The normalized spacial score (nSPS) is 20.4. The van der Waals surface area contributed by atoms with Gasteiger partial charge in [0, 0.05) is 23.4 Å². The monoisotopic (exact) mass is 310 g/mol. The molecule has 0 radical (unpaired) electrons. The van der Waals surface area contributed by atoms with Crippen LogP contribution in [-0.4, -0.2) is 22.2 Å². The van der Waals surface area contributed by atoms with Crippen molar-refractivity contribution in [1.29, 1.82) is 0 Å². The molecule has 1 aromatic heterocycles. The Morgan fingerprint density at radius 2 is 1.74 bits per heavy atom. The summed E-state index contributed by atoms with van der Waals surface area (Å²) in [6, 6.07) is 11.1. The molecule has 118 valence electrons. The molecule has 1 aliphatic carbocycles. The third-order valence-corrected chi connectivity index (χ3v) is 4.00. The molecule has 23 heavy (non-hydrogen) atoms. The van der Waals surface area contributed by atoms with Crippen molar-refractivity contribution in [2.45, 2.75) is 37.8 Å². The molecular formula is C19H19FN2O. The summed E-state index contributed by atoms with van der Waals surface area (Å²) in [6.45, 7) is 0. The van der Waals surface area contributed by atoms with Crippen LogP contribution in [0.4, 0.5) is 10.2 Å². The van der Waals surface area contributed by atoms with Gasteiger partial charge in [-0.1, -0.05) is 30.0 Å². The van der Waals surface area contributed by atoms with Crippen molar-refractivity contribution in [3.05, 3.63) is 59.5 Å². The molecule has 3 rings (SSSR count). The van der Waals surface area contributed by atoms with Gasteiger partial charge in [0.25, 0.3) is 0 Å². The quantitative estimate of drug-likeness (QED) is 0.836. The Labute approximate surface area is 135 Å². The van der Waals surface area contributed by atoms with Gasteiger partial charge in [0.05, 0.1) is 6.10 Å². The summed E-state index contributed by atoms with van der Waals surface area (Å²) in [5.74, 6) is 5.78. The van der Waals surface area contributed by atoms with Crippen LogP contribution in [0.2, 0.25) is 0 Å². The van der Waals surface area contributed by atoms with Crippen LogP contribution in [0.25, 0.3) is 0 Å². The molecule has 1 saturated carbocycles. The second kappa shape index (κ2) is 7.26. The lowest BCUT2D eigenvalue weighted by atomic mass is 9.93. The van der Waals surface area contributed by atoms with Crippen LogP contribution < -0.4 is 5.32 Å². The summed E-state index contributed by atoms with van der Waals surface area (Å²) >= 11 is 0. The van der Waals surface area contributed by atoms with E-state index in [1.165, 1.54) is 6.07 Å². The zero-order valence-corrected chi connectivity index (χ0v) is 12.8. The number of hydrogen-bond acceptors (Lipinski definition) is 3. The SMILES string of the molecule is O[C@H]1CC[C@H](Nc2ncc(C#Cc3ccccc3)cc2F)CC1. The Morgan fingerprint density at radius 1 is 1.04 bits per heavy atom. The van der Waals surface area contributed by atoms with Crippen LogP contribution >= 0.6 is 0 Å². The van der Waals surface area contributed by atoms with Crippen LogP contribution in [0.5, 0.6) is 0 Å².